The molecule has 1 rings (SSSR count). The maximum Gasteiger partial charge on any atom is 0.422 e. The zero-order valence-electron chi connectivity index (χ0n) is 9.49. The molecule has 0 radical (unpaired) electrons. The molecule has 0 saturated heterocycles. The summed E-state index contributed by atoms with van der Waals surface area (Å²) in [4.78, 5) is 11.6. The second-order valence-electron chi connectivity index (χ2n) is 4.87. The first-order chi connectivity index (χ1) is 7.22. The molecule has 7 heteroatoms. The molecule has 94 valence electrons. The molecule has 0 aromatic rings. The Morgan fingerprint density at radius 3 is 2.31 bits per heavy atom. The first-order valence-corrected chi connectivity index (χ1v) is 5.94. The number of amides is 1. The van der Waals surface area contributed by atoms with Gasteiger partial charge in [-0.15, -0.1) is 0 Å². The van der Waals surface area contributed by atoms with Crippen LogP contribution in [-0.4, -0.2) is 37.0 Å². The lowest BCUT2D eigenvalue weighted by atomic mass is 10.1. The summed E-state index contributed by atoms with van der Waals surface area (Å²) < 4.78 is 39.8. The molecule has 1 amide bonds. The van der Waals surface area contributed by atoms with Crippen molar-refractivity contribution >= 4 is 17.4 Å². The third kappa shape index (κ3) is 2.91. The van der Waals surface area contributed by atoms with Crippen LogP contribution >= 0.6 is 0 Å². The molecular formula is C9H15FNO4S-. The van der Waals surface area contributed by atoms with E-state index in [9.17, 15) is 17.9 Å². The molecule has 1 atom stereocenters. The van der Waals surface area contributed by atoms with Gasteiger partial charge in [-0.3, -0.25) is 4.21 Å². The Morgan fingerprint density at radius 2 is 2.06 bits per heavy atom. The maximum atomic E-state index is 12.5. The lowest BCUT2D eigenvalue weighted by Gasteiger charge is -2.36. The van der Waals surface area contributed by atoms with Gasteiger partial charge >= 0.3 is 6.09 Å². The molecule has 0 spiro atoms. The van der Waals surface area contributed by atoms with E-state index in [2.05, 4.69) is 0 Å². The molecule has 1 unspecified atom stereocenters. The van der Waals surface area contributed by atoms with E-state index in [1.807, 2.05) is 0 Å². The Kier molecular flexibility index (Phi) is 3.59. The van der Waals surface area contributed by atoms with Gasteiger partial charge in [-0.05, 0) is 33.6 Å². The van der Waals surface area contributed by atoms with Crippen LogP contribution in [0.15, 0.2) is 0 Å². The van der Waals surface area contributed by atoms with Crippen molar-refractivity contribution in [3.63, 3.8) is 0 Å². The molecule has 1 aliphatic carbocycles. The number of alkyl halides is 1. The van der Waals surface area contributed by atoms with Crippen molar-refractivity contribution in [3.8, 4) is 0 Å². The van der Waals surface area contributed by atoms with Crippen molar-refractivity contribution in [2.45, 2.75) is 44.8 Å². The highest BCUT2D eigenvalue weighted by molar-refractivity contribution is 7.77. The zero-order valence-corrected chi connectivity index (χ0v) is 10.3. The minimum absolute atomic E-state index is 0.443. The van der Waals surface area contributed by atoms with Gasteiger partial charge < -0.3 is 9.29 Å². The Labute approximate surface area is 96.4 Å². The van der Waals surface area contributed by atoms with Gasteiger partial charge in [-0.25, -0.2) is 13.5 Å². The van der Waals surface area contributed by atoms with E-state index >= 15 is 0 Å². The van der Waals surface area contributed by atoms with Crippen LogP contribution in [0.4, 0.5) is 9.18 Å². The van der Waals surface area contributed by atoms with Crippen LogP contribution in [0.2, 0.25) is 0 Å². The average Bonchev–Trinajstić information content (AvgIpc) is 2.81. The summed E-state index contributed by atoms with van der Waals surface area (Å²) in [5.41, 5.74) is -2.00. The summed E-state index contributed by atoms with van der Waals surface area (Å²) in [6.07, 6.45) is -0.131. The smallest absolute Gasteiger partial charge is 0.422 e. The number of carbonyl (C=O) groups is 1. The number of nitrogens with zero attached hydrogens (tertiary/aromatic N) is 1. The number of hydrogen-bond acceptors (Lipinski definition) is 4. The predicted molar refractivity (Wildman–Crippen MR) is 54.9 cm³/mol. The first-order valence-electron chi connectivity index (χ1n) is 4.90. The van der Waals surface area contributed by atoms with Crippen LogP contribution in [0, 0.1) is 0 Å². The highest BCUT2D eigenvalue weighted by Gasteiger charge is 2.49. The Hall–Kier alpha value is -0.690. The fourth-order valence-corrected chi connectivity index (χ4v) is 1.79. The number of carbonyl (C=O) groups excluding carboxylic acids is 1. The summed E-state index contributed by atoms with van der Waals surface area (Å²) in [6.45, 7) is 3.89. The Balaban J connectivity index is 2.73. The third-order valence-electron chi connectivity index (χ3n) is 2.28. The van der Waals surface area contributed by atoms with Crippen LogP contribution < -0.4 is 0 Å². The Bertz CT molecular complexity index is 311. The summed E-state index contributed by atoms with van der Waals surface area (Å²) in [5, 5.41) is 0. The first kappa shape index (κ1) is 13.4. The van der Waals surface area contributed by atoms with Gasteiger partial charge in [0.25, 0.3) is 0 Å². The number of rotatable bonds is 3. The summed E-state index contributed by atoms with van der Waals surface area (Å²) >= 11 is -2.73. The van der Waals surface area contributed by atoms with Crippen molar-refractivity contribution in [1.29, 1.82) is 0 Å². The van der Waals surface area contributed by atoms with Crippen molar-refractivity contribution in [1.82, 2.24) is 4.31 Å². The van der Waals surface area contributed by atoms with E-state index in [-0.39, 0.29) is 0 Å². The number of halogens is 1. The second kappa shape index (κ2) is 4.29. The molecule has 0 aliphatic heterocycles. The summed E-state index contributed by atoms with van der Waals surface area (Å²) in [5.74, 6) is 0. The normalized spacial score (nSPS) is 20.1. The third-order valence-corrected chi connectivity index (χ3v) is 3.27. The Morgan fingerprint density at radius 1 is 1.56 bits per heavy atom. The van der Waals surface area contributed by atoms with Crippen molar-refractivity contribution in [3.05, 3.63) is 0 Å². The second-order valence-corrected chi connectivity index (χ2v) is 5.67. The fraction of sp³-hybridized carbons (Fsp3) is 0.889. The van der Waals surface area contributed by atoms with Gasteiger partial charge in [-0.1, -0.05) is 0 Å². The highest BCUT2D eigenvalue weighted by atomic mass is 32.2. The topological polar surface area (TPSA) is 69.7 Å². The lowest BCUT2D eigenvalue weighted by molar-refractivity contribution is 0.0395. The van der Waals surface area contributed by atoms with Gasteiger partial charge in [0.05, 0.1) is 16.8 Å². The molecule has 0 aromatic heterocycles. The molecule has 1 fully saturated rings. The quantitative estimate of drug-likeness (QED) is 0.714. The van der Waals surface area contributed by atoms with Gasteiger partial charge in [0.1, 0.15) is 12.3 Å². The van der Waals surface area contributed by atoms with Gasteiger partial charge in [0.15, 0.2) is 0 Å². The fourth-order valence-electron chi connectivity index (χ4n) is 1.19. The molecule has 0 bridgehead atoms. The van der Waals surface area contributed by atoms with E-state index < -0.39 is 35.2 Å². The number of ether oxygens (including phenoxy) is 1. The molecule has 0 N–H and O–H groups in total. The number of hydrogen-bond donors (Lipinski definition) is 0. The van der Waals surface area contributed by atoms with Crippen LogP contribution in [0.25, 0.3) is 0 Å². The monoisotopic (exact) mass is 252 g/mol. The molecule has 1 aliphatic rings. The van der Waals surface area contributed by atoms with E-state index in [4.69, 9.17) is 4.74 Å². The van der Waals surface area contributed by atoms with E-state index in [1.54, 1.807) is 20.8 Å². The van der Waals surface area contributed by atoms with E-state index in [0.717, 1.165) is 0 Å². The maximum absolute atomic E-state index is 12.5. The van der Waals surface area contributed by atoms with Gasteiger partial charge in [-0.2, -0.15) is 0 Å². The molecule has 0 heterocycles. The molecule has 5 nitrogen and oxygen atoms in total. The molecule has 1 saturated carbocycles. The SMILES string of the molecule is CC(C)(C)N(C(=O)OC1(CF)CC1)S(=O)[O-]. The molecule has 0 aromatic carbocycles. The summed E-state index contributed by atoms with van der Waals surface area (Å²) in [6, 6.07) is 0. The van der Waals surface area contributed by atoms with Crippen LogP contribution in [-0.2, 0) is 16.0 Å². The lowest BCUT2D eigenvalue weighted by Crippen LogP contribution is -2.48. The van der Waals surface area contributed by atoms with E-state index in [1.165, 1.54) is 0 Å². The standard InChI is InChI=1S/C9H16FNO4S/c1-8(2,3)11(16(13)14)7(12)15-9(6-10)4-5-9/h4-6H2,1-3H3,(H,13,14)/p-1. The zero-order chi connectivity index (χ0) is 12.6. The largest absolute Gasteiger partial charge is 0.755 e. The van der Waals surface area contributed by atoms with Crippen LogP contribution in [0.1, 0.15) is 33.6 Å². The molecule has 16 heavy (non-hydrogen) atoms. The highest BCUT2D eigenvalue weighted by Crippen LogP contribution is 2.40. The molecular weight excluding hydrogens is 237 g/mol. The summed E-state index contributed by atoms with van der Waals surface area (Å²) in [7, 11) is 0. The minimum atomic E-state index is -2.73. The van der Waals surface area contributed by atoms with Gasteiger partial charge in [0, 0.05) is 0 Å². The van der Waals surface area contributed by atoms with Crippen molar-refractivity contribution < 1.29 is 22.7 Å². The average molecular weight is 252 g/mol. The minimum Gasteiger partial charge on any atom is -0.755 e. The predicted octanol–water partition coefficient (Wildman–Crippen LogP) is 1.52. The van der Waals surface area contributed by atoms with Crippen molar-refractivity contribution in [2.24, 2.45) is 0 Å². The van der Waals surface area contributed by atoms with Crippen LogP contribution in [0.5, 0.6) is 0 Å². The van der Waals surface area contributed by atoms with Gasteiger partial charge in [0.2, 0.25) is 0 Å². The van der Waals surface area contributed by atoms with Crippen molar-refractivity contribution in [2.75, 3.05) is 6.67 Å². The van der Waals surface area contributed by atoms with Crippen LogP contribution in [0.3, 0.4) is 0 Å². The van der Waals surface area contributed by atoms with E-state index in [0.29, 0.717) is 17.1 Å².